The van der Waals surface area contributed by atoms with Crippen molar-refractivity contribution in [2.75, 3.05) is 19.3 Å². The van der Waals surface area contributed by atoms with Crippen molar-refractivity contribution in [2.45, 2.75) is 13.3 Å². The van der Waals surface area contributed by atoms with Gasteiger partial charge in [-0.15, -0.1) is 0 Å². The van der Waals surface area contributed by atoms with E-state index < -0.39 is 0 Å². The van der Waals surface area contributed by atoms with Crippen LogP contribution in [-0.4, -0.2) is 35.3 Å². The van der Waals surface area contributed by atoms with Gasteiger partial charge < -0.3 is 0 Å². The van der Waals surface area contributed by atoms with Crippen LogP contribution in [0, 0.1) is 0 Å². The molecule has 0 bridgehead atoms. The fourth-order valence-corrected chi connectivity index (χ4v) is 1.71. The van der Waals surface area contributed by atoms with E-state index in [2.05, 4.69) is 4.99 Å². The van der Waals surface area contributed by atoms with Crippen molar-refractivity contribution >= 4 is 22.8 Å². The van der Waals surface area contributed by atoms with Crippen LogP contribution in [0.2, 0.25) is 0 Å². The Morgan fingerprint density at radius 1 is 1.82 bits per heavy atom. The number of carbonyl (C=O) groups is 1. The van der Waals surface area contributed by atoms with E-state index in [0.29, 0.717) is 6.42 Å². The number of rotatable bonds is 1. The molecule has 0 N–H and O–H groups in total. The molecule has 1 heterocycles. The molecule has 1 aliphatic rings. The Balaban J connectivity index is 2.52. The van der Waals surface area contributed by atoms with Crippen molar-refractivity contribution in [3.63, 3.8) is 0 Å². The summed E-state index contributed by atoms with van der Waals surface area (Å²) in [6.07, 6.45) is 0.552. The minimum absolute atomic E-state index is 0.137. The summed E-state index contributed by atoms with van der Waals surface area (Å²) in [5.74, 6) is 1.15. The summed E-state index contributed by atoms with van der Waals surface area (Å²) in [7, 11) is 1.78. The Hall–Kier alpha value is -0.510. The van der Waals surface area contributed by atoms with Crippen LogP contribution < -0.4 is 0 Å². The van der Waals surface area contributed by atoms with Gasteiger partial charge in [-0.25, -0.2) is 0 Å². The molecule has 1 amide bonds. The molecular formula is C7H12N2OS. The Morgan fingerprint density at radius 3 is 3.00 bits per heavy atom. The molecule has 0 aromatic carbocycles. The summed E-state index contributed by atoms with van der Waals surface area (Å²) in [4.78, 5) is 17.0. The van der Waals surface area contributed by atoms with E-state index in [4.69, 9.17) is 0 Å². The van der Waals surface area contributed by atoms with Gasteiger partial charge in [-0.2, -0.15) is 0 Å². The second-order valence-electron chi connectivity index (χ2n) is 2.32. The molecule has 0 aromatic rings. The summed E-state index contributed by atoms with van der Waals surface area (Å²) in [6.45, 7) is 2.71. The number of thioether (sulfide) groups is 1. The van der Waals surface area contributed by atoms with Crippen LogP contribution in [0.1, 0.15) is 13.3 Å². The minimum atomic E-state index is 0.137. The van der Waals surface area contributed by atoms with Crippen LogP contribution in [0.25, 0.3) is 0 Å². The Bertz CT molecular complexity index is 191. The molecule has 11 heavy (non-hydrogen) atoms. The smallest absolute Gasteiger partial charge is 0.227 e. The minimum Gasteiger partial charge on any atom is -0.295 e. The second-order valence-corrected chi connectivity index (χ2v) is 3.38. The van der Waals surface area contributed by atoms with E-state index in [0.717, 1.165) is 17.5 Å². The molecule has 0 aliphatic carbocycles. The molecular weight excluding hydrogens is 160 g/mol. The Kier molecular flexibility index (Phi) is 2.93. The zero-order valence-electron chi connectivity index (χ0n) is 6.83. The number of aliphatic imine (C=N–C) groups is 1. The number of hydrogen-bond donors (Lipinski definition) is 0. The third-order valence-electron chi connectivity index (χ3n) is 1.53. The molecule has 0 aromatic heterocycles. The first-order chi connectivity index (χ1) is 5.25. The zero-order valence-corrected chi connectivity index (χ0v) is 7.65. The molecule has 0 radical (unpaired) electrons. The van der Waals surface area contributed by atoms with Gasteiger partial charge in [0.1, 0.15) is 0 Å². The topological polar surface area (TPSA) is 32.7 Å². The molecule has 0 saturated heterocycles. The maximum Gasteiger partial charge on any atom is 0.227 e. The van der Waals surface area contributed by atoms with Crippen molar-refractivity contribution < 1.29 is 4.79 Å². The largest absolute Gasteiger partial charge is 0.295 e. The lowest BCUT2D eigenvalue weighted by atomic mass is 10.4. The molecule has 1 aliphatic heterocycles. The average molecular weight is 172 g/mol. The molecule has 3 nitrogen and oxygen atoms in total. The maximum absolute atomic E-state index is 11.1. The van der Waals surface area contributed by atoms with E-state index in [1.807, 2.05) is 6.92 Å². The Morgan fingerprint density at radius 2 is 2.55 bits per heavy atom. The lowest BCUT2D eigenvalue weighted by Gasteiger charge is -2.14. The van der Waals surface area contributed by atoms with E-state index in [9.17, 15) is 4.79 Å². The molecule has 0 saturated carbocycles. The second kappa shape index (κ2) is 3.76. The van der Waals surface area contributed by atoms with Gasteiger partial charge in [-0.05, 0) is 0 Å². The van der Waals surface area contributed by atoms with Crippen molar-refractivity contribution in [2.24, 2.45) is 4.99 Å². The van der Waals surface area contributed by atoms with Crippen LogP contribution in [0.4, 0.5) is 0 Å². The SMILES string of the molecule is CCC(=O)N(C)C1=NCCS1. The number of nitrogens with zero attached hydrogens (tertiary/aromatic N) is 2. The third kappa shape index (κ3) is 1.96. The number of hydrogen-bond acceptors (Lipinski definition) is 3. The molecule has 4 heteroatoms. The van der Waals surface area contributed by atoms with Crippen molar-refractivity contribution in [3.05, 3.63) is 0 Å². The third-order valence-corrected chi connectivity index (χ3v) is 2.58. The number of amidine groups is 1. The normalized spacial score (nSPS) is 16.4. The molecule has 1 rings (SSSR count). The van der Waals surface area contributed by atoms with Gasteiger partial charge in [0.05, 0.1) is 6.54 Å². The Labute approximate surface area is 70.9 Å². The first kappa shape index (κ1) is 8.59. The number of carbonyl (C=O) groups excluding carboxylic acids is 1. The van der Waals surface area contributed by atoms with E-state index in [1.54, 1.807) is 23.7 Å². The van der Waals surface area contributed by atoms with Crippen molar-refractivity contribution in [3.8, 4) is 0 Å². The molecule has 0 unspecified atom stereocenters. The number of amides is 1. The summed E-state index contributed by atoms with van der Waals surface area (Å²) in [5.41, 5.74) is 0. The highest BCUT2D eigenvalue weighted by Gasteiger charge is 2.16. The maximum atomic E-state index is 11.1. The summed E-state index contributed by atoms with van der Waals surface area (Å²) >= 11 is 1.65. The fourth-order valence-electron chi connectivity index (χ4n) is 0.871. The summed E-state index contributed by atoms with van der Waals surface area (Å²) in [6, 6.07) is 0. The zero-order chi connectivity index (χ0) is 8.27. The summed E-state index contributed by atoms with van der Waals surface area (Å²) < 4.78 is 0. The van der Waals surface area contributed by atoms with Crippen LogP contribution in [-0.2, 0) is 4.79 Å². The van der Waals surface area contributed by atoms with Crippen molar-refractivity contribution in [1.82, 2.24) is 4.90 Å². The van der Waals surface area contributed by atoms with E-state index in [-0.39, 0.29) is 5.91 Å². The van der Waals surface area contributed by atoms with Gasteiger partial charge in [0.2, 0.25) is 5.91 Å². The van der Waals surface area contributed by atoms with E-state index in [1.165, 1.54) is 0 Å². The standard InChI is InChI=1S/C7H12N2OS/c1-3-6(10)9(2)7-8-4-5-11-7/h3-5H2,1-2H3. The van der Waals surface area contributed by atoms with Gasteiger partial charge >= 0.3 is 0 Å². The van der Waals surface area contributed by atoms with Gasteiger partial charge in [-0.1, -0.05) is 18.7 Å². The molecule has 62 valence electrons. The highest BCUT2D eigenvalue weighted by Crippen LogP contribution is 2.14. The van der Waals surface area contributed by atoms with Crippen molar-refractivity contribution in [1.29, 1.82) is 0 Å². The van der Waals surface area contributed by atoms with Gasteiger partial charge in [-0.3, -0.25) is 14.7 Å². The van der Waals surface area contributed by atoms with Gasteiger partial charge in [0.25, 0.3) is 0 Å². The molecule has 0 spiro atoms. The summed E-state index contributed by atoms with van der Waals surface area (Å²) in [5, 5.41) is 0.872. The first-order valence-electron chi connectivity index (χ1n) is 3.69. The average Bonchev–Trinajstić information content (AvgIpc) is 2.53. The first-order valence-corrected chi connectivity index (χ1v) is 4.68. The lowest BCUT2D eigenvalue weighted by molar-refractivity contribution is -0.125. The van der Waals surface area contributed by atoms with Crippen LogP contribution >= 0.6 is 11.8 Å². The predicted molar refractivity (Wildman–Crippen MR) is 47.8 cm³/mol. The predicted octanol–water partition coefficient (Wildman–Crippen LogP) is 0.958. The van der Waals surface area contributed by atoms with Crippen LogP contribution in [0.3, 0.4) is 0 Å². The van der Waals surface area contributed by atoms with E-state index >= 15 is 0 Å². The lowest BCUT2D eigenvalue weighted by Crippen LogP contribution is -2.29. The molecule has 0 atom stereocenters. The van der Waals surface area contributed by atoms with Crippen LogP contribution in [0.5, 0.6) is 0 Å². The molecule has 0 fully saturated rings. The van der Waals surface area contributed by atoms with Gasteiger partial charge in [0, 0.05) is 19.2 Å². The fraction of sp³-hybridized carbons (Fsp3) is 0.714. The highest BCUT2D eigenvalue weighted by molar-refractivity contribution is 8.14. The highest BCUT2D eigenvalue weighted by atomic mass is 32.2. The monoisotopic (exact) mass is 172 g/mol. The van der Waals surface area contributed by atoms with Crippen LogP contribution in [0.15, 0.2) is 4.99 Å². The van der Waals surface area contributed by atoms with Gasteiger partial charge in [0.15, 0.2) is 5.17 Å². The quantitative estimate of drug-likeness (QED) is 0.590.